The Morgan fingerprint density at radius 1 is 1.03 bits per heavy atom. The first kappa shape index (κ1) is 22.1. The van der Waals surface area contributed by atoms with Crippen LogP contribution in [-0.2, 0) is 13.5 Å². The van der Waals surface area contributed by atoms with Crippen LogP contribution >= 0.6 is 0 Å². The Labute approximate surface area is 193 Å². The predicted octanol–water partition coefficient (Wildman–Crippen LogP) is 4.67. The van der Waals surface area contributed by atoms with E-state index in [9.17, 15) is 4.79 Å². The van der Waals surface area contributed by atoms with Crippen molar-refractivity contribution in [3.05, 3.63) is 89.6 Å². The van der Waals surface area contributed by atoms with Gasteiger partial charge in [0.15, 0.2) is 0 Å². The van der Waals surface area contributed by atoms with Crippen LogP contribution in [0, 0.1) is 6.92 Å². The molecule has 33 heavy (non-hydrogen) atoms. The Balaban J connectivity index is 1.43. The highest BCUT2D eigenvalue weighted by Gasteiger charge is 2.11. The summed E-state index contributed by atoms with van der Waals surface area (Å²) in [5.74, 6) is 1.81. The lowest BCUT2D eigenvalue weighted by Gasteiger charge is -2.09. The third kappa shape index (κ3) is 5.57. The highest BCUT2D eigenvalue weighted by atomic mass is 16.5. The van der Waals surface area contributed by atoms with Crippen LogP contribution in [-0.4, -0.2) is 34.4 Å². The lowest BCUT2D eigenvalue weighted by Crippen LogP contribution is -2.14. The lowest BCUT2D eigenvalue weighted by molar-refractivity contribution is 0.102. The third-order valence-electron chi connectivity index (χ3n) is 5.16. The van der Waals surface area contributed by atoms with Gasteiger partial charge in [0.2, 0.25) is 5.88 Å². The van der Waals surface area contributed by atoms with E-state index >= 15 is 0 Å². The zero-order valence-corrected chi connectivity index (χ0v) is 18.9. The van der Waals surface area contributed by atoms with E-state index in [0.29, 0.717) is 23.9 Å². The molecule has 7 heteroatoms. The molecular formula is C26H26N4O3. The molecule has 0 radical (unpaired) electrons. The second-order valence-electron chi connectivity index (χ2n) is 7.64. The predicted molar refractivity (Wildman–Crippen MR) is 128 cm³/mol. The fourth-order valence-electron chi connectivity index (χ4n) is 3.49. The lowest BCUT2D eigenvalue weighted by atomic mass is 10.1. The van der Waals surface area contributed by atoms with Gasteiger partial charge in [0.1, 0.15) is 11.6 Å². The van der Waals surface area contributed by atoms with Crippen LogP contribution in [0.1, 0.15) is 21.6 Å². The maximum atomic E-state index is 12.7. The quantitative estimate of drug-likeness (QED) is 0.429. The van der Waals surface area contributed by atoms with Gasteiger partial charge in [0.05, 0.1) is 25.1 Å². The summed E-state index contributed by atoms with van der Waals surface area (Å²) in [4.78, 5) is 17.4. The number of methoxy groups -OCH3 is 1. The van der Waals surface area contributed by atoms with E-state index in [0.717, 1.165) is 34.7 Å². The summed E-state index contributed by atoms with van der Waals surface area (Å²) < 4.78 is 12.8. The minimum Gasteiger partial charge on any atom is -0.497 e. The molecule has 0 fully saturated rings. The minimum absolute atomic E-state index is 0.203. The summed E-state index contributed by atoms with van der Waals surface area (Å²) in [6.45, 7) is 2.38. The summed E-state index contributed by atoms with van der Waals surface area (Å²) in [5.41, 5.74) is 4.08. The van der Waals surface area contributed by atoms with Gasteiger partial charge in [-0.1, -0.05) is 30.3 Å². The monoisotopic (exact) mass is 442 g/mol. The normalized spacial score (nSPS) is 10.6. The average molecular weight is 443 g/mol. The maximum Gasteiger partial charge on any atom is 0.256 e. The van der Waals surface area contributed by atoms with Crippen LogP contribution in [0.25, 0.3) is 11.3 Å². The van der Waals surface area contributed by atoms with E-state index in [4.69, 9.17) is 9.47 Å². The summed E-state index contributed by atoms with van der Waals surface area (Å²) in [6, 6.07) is 22.7. The van der Waals surface area contributed by atoms with E-state index in [1.165, 1.54) is 0 Å². The molecule has 1 N–H and O–H groups in total. The Morgan fingerprint density at radius 2 is 1.85 bits per heavy atom. The van der Waals surface area contributed by atoms with Gasteiger partial charge in [-0.2, -0.15) is 5.10 Å². The fourth-order valence-corrected chi connectivity index (χ4v) is 3.49. The number of hydrogen-bond acceptors (Lipinski definition) is 5. The molecule has 1 amide bonds. The van der Waals surface area contributed by atoms with Crippen molar-refractivity contribution in [2.24, 2.45) is 7.05 Å². The van der Waals surface area contributed by atoms with Gasteiger partial charge < -0.3 is 14.8 Å². The van der Waals surface area contributed by atoms with Gasteiger partial charge in [0.25, 0.3) is 5.91 Å². The Morgan fingerprint density at radius 3 is 2.64 bits per heavy atom. The van der Waals surface area contributed by atoms with E-state index in [1.54, 1.807) is 24.9 Å². The number of aromatic nitrogens is 3. The minimum atomic E-state index is -0.203. The summed E-state index contributed by atoms with van der Waals surface area (Å²) >= 11 is 0. The zero-order valence-electron chi connectivity index (χ0n) is 18.9. The first-order valence-electron chi connectivity index (χ1n) is 10.7. The highest BCUT2D eigenvalue weighted by molar-refractivity contribution is 6.04. The molecule has 168 valence electrons. The maximum absolute atomic E-state index is 12.7. The Bertz CT molecular complexity index is 1270. The molecule has 4 rings (SSSR count). The number of carbonyl (C=O) groups excluding carboxylic acids is 1. The molecule has 0 bridgehead atoms. The summed E-state index contributed by atoms with van der Waals surface area (Å²) in [5, 5.41) is 7.15. The van der Waals surface area contributed by atoms with E-state index < -0.39 is 0 Å². The number of pyridine rings is 1. The number of hydrogen-bond donors (Lipinski definition) is 1. The number of rotatable bonds is 8. The van der Waals surface area contributed by atoms with Crippen molar-refractivity contribution in [2.75, 3.05) is 19.0 Å². The Kier molecular flexibility index (Phi) is 6.69. The van der Waals surface area contributed by atoms with Crippen LogP contribution in [0.4, 0.5) is 5.82 Å². The third-order valence-corrected chi connectivity index (χ3v) is 5.16. The van der Waals surface area contributed by atoms with Crippen molar-refractivity contribution < 1.29 is 14.3 Å². The van der Waals surface area contributed by atoms with Gasteiger partial charge >= 0.3 is 0 Å². The van der Waals surface area contributed by atoms with E-state index in [-0.39, 0.29) is 5.91 Å². The number of carbonyl (C=O) groups is 1. The number of aryl methyl sites for hydroxylation is 2. The molecule has 0 aliphatic rings. The van der Waals surface area contributed by atoms with Crippen molar-refractivity contribution in [1.82, 2.24) is 14.8 Å². The molecule has 0 aliphatic carbocycles. The smallest absolute Gasteiger partial charge is 0.256 e. The fraction of sp³-hybridized carbons (Fsp3) is 0.192. The molecule has 2 heterocycles. The molecule has 7 nitrogen and oxygen atoms in total. The summed E-state index contributed by atoms with van der Waals surface area (Å²) in [7, 11) is 3.45. The molecule has 0 spiro atoms. The highest BCUT2D eigenvalue weighted by Crippen LogP contribution is 2.22. The van der Waals surface area contributed by atoms with Crippen molar-refractivity contribution >= 4 is 11.7 Å². The molecular weight excluding hydrogens is 416 g/mol. The first-order valence-corrected chi connectivity index (χ1v) is 10.7. The molecule has 4 aromatic rings. The molecule has 0 saturated heterocycles. The van der Waals surface area contributed by atoms with Crippen LogP contribution in [0.2, 0.25) is 0 Å². The molecule has 2 aromatic heterocycles. The second-order valence-corrected chi connectivity index (χ2v) is 7.64. The van der Waals surface area contributed by atoms with Crippen molar-refractivity contribution in [1.29, 1.82) is 0 Å². The van der Waals surface area contributed by atoms with Crippen molar-refractivity contribution in [2.45, 2.75) is 13.3 Å². The molecule has 0 saturated carbocycles. The number of amides is 1. The second kappa shape index (κ2) is 9.99. The van der Waals surface area contributed by atoms with E-state index in [2.05, 4.69) is 15.4 Å². The zero-order chi connectivity index (χ0) is 23.2. The number of nitrogens with one attached hydrogen (secondary N) is 1. The van der Waals surface area contributed by atoms with Crippen molar-refractivity contribution in [3.63, 3.8) is 0 Å². The van der Waals surface area contributed by atoms with Crippen LogP contribution in [0.15, 0.2) is 72.8 Å². The van der Waals surface area contributed by atoms with Gasteiger partial charge in [0, 0.05) is 36.7 Å². The molecule has 0 unspecified atom stereocenters. The first-order chi connectivity index (χ1) is 16.0. The van der Waals surface area contributed by atoms with Gasteiger partial charge in [-0.3, -0.25) is 9.48 Å². The van der Waals surface area contributed by atoms with Crippen molar-refractivity contribution in [3.8, 4) is 22.9 Å². The largest absolute Gasteiger partial charge is 0.497 e. The van der Waals surface area contributed by atoms with Crippen LogP contribution in [0.3, 0.4) is 0 Å². The SMILES string of the molecule is COc1cccc(CCOc2cccc(-c3cccc(C(=O)Nc4cc(C)nn4C)c3)n2)c1. The standard InChI is InChI=1S/C26H26N4O3/c1-18-15-24(30(2)29-18)28-26(31)21-9-5-8-20(17-21)23-11-6-12-25(27-23)33-14-13-19-7-4-10-22(16-19)32-3/h4-12,15-17H,13-14H2,1-3H3,(H,28,31). The van der Waals surface area contributed by atoms with Crippen LogP contribution in [0.5, 0.6) is 11.6 Å². The van der Waals surface area contributed by atoms with Gasteiger partial charge in [-0.05, 0) is 42.8 Å². The number of ether oxygens (including phenoxy) is 2. The number of anilines is 1. The van der Waals surface area contributed by atoms with E-state index in [1.807, 2.05) is 73.7 Å². The molecule has 2 aromatic carbocycles. The van der Waals surface area contributed by atoms with Gasteiger partial charge in [-0.25, -0.2) is 4.98 Å². The topological polar surface area (TPSA) is 78.3 Å². The Hall–Kier alpha value is -4.13. The van der Waals surface area contributed by atoms with Gasteiger partial charge in [-0.15, -0.1) is 0 Å². The summed E-state index contributed by atoms with van der Waals surface area (Å²) in [6.07, 6.45) is 0.742. The van der Waals surface area contributed by atoms with Crippen LogP contribution < -0.4 is 14.8 Å². The average Bonchev–Trinajstić information content (AvgIpc) is 3.15. The molecule has 0 atom stereocenters. The molecule has 0 aliphatic heterocycles. The number of nitrogens with zero attached hydrogens (tertiary/aromatic N) is 3. The number of benzene rings is 2.